The predicted octanol–water partition coefficient (Wildman–Crippen LogP) is 2.13. The van der Waals surface area contributed by atoms with Gasteiger partial charge >= 0.3 is 0 Å². The monoisotopic (exact) mass is 227 g/mol. The summed E-state index contributed by atoms with van der Waals surface area (Å²) in [5, 5.41) is 3.54. The third kappa shape index (κ3) is 3.55. The molecule has 1 aromatic rings. The van der Waals surface area contributed by atoms with E-state index in [2.05, 4.69) is 50.1 Å². The Morgan fingerprint density at radius 3 is 2.67 bits per heavy atom. The number of nitrogens with zero attached hydrogens (tertiary/aromatic N) is 2. The molecular formula is C11H21N3S. The van der Waals surface area contributed by atoms with E-state index in [0.717, 1.165) is 6.54 Å². The van der Waals surface area contributed by atoms with Crippen LogP contribution < -0.4 is 5.32 Å². The summed E-state index contributed by atoms with van der Waals surface area (Å²) in [6, 6.07) is 0.386. The highest BCUT2D eigenvalue weighted by Crippen LogP contribution is 2.17. The predicted molar refractivity (Wildman–Crippen MR) is 66.3 cm³/mol. The molecule has 0 radical (unpaired) electrons. The summed E-state index contributed by atoms with van der Waals surface area (Å²) in [6.45, 7) is 7.62. The Kier molecular flexibility index (Phi) is 4.25. The molecule has 1 unspecified atom stereocenters. The first-order valence-electron chi connectivity index (χ1n) is 5.22. The van der Waals surface area contributed by atoms with E-state index in [-0.39, 0.29) is 5.54 Å². The highest BCUT2D eigenvalue weighted by atomic mass is 32.1. The molecule has 0 aromatic carbocycles. The van der Waals surface area contributed by atoms with E-state index in [1.54, 1.807) is 11.3 Å². The van der Waals surface area contributed by atoms with E-state index >= 15 is 0 Å². The Labute approximate surface area is 96.5 Å². The summed E-state index contributed by atoms with van der Waals surface area (Å²) in [7, 11) is 4.22. The molecule has 0 aliphatic rings. The molecule has 0 saturated carbocycles. The minimum absolute atomic E-state index is 0.180. The second-order valence-electron chi connectivity index (χ2n) is 4.71. The second-order valence-corrected chi connectivity index (χ2v) is 5.63. The molecule has 1 atom stereocenters. The molecule has 0 aliphatic heterocycles. The second kappa shape index (κ2) is 5.05. The Bertz CT molecular complexity index is 280. The molecule has 0 bridgehead atoms. The summed E-state index contributed by atoms with van der Waals surface area (Å²) in [5.74, 6) is 0. The van der Waals surface area contributed by atoms with Crippen molar-refractivity contribution >= 4 is 11.3 Å². The van der Waals surface area contributed by atoms with Crippen LogP contribution in [0, 0.1) is 0 Å². The van der Waals surface area contributed by atoms with Crippen LogP contribution in [0.5, 0.6) is 0 Å². The van der Waals surface area contributed by atoms with Crippen molar-refractivity contribution in [2.45, 2.75) is 32.4 Å². The molecular weight excluding hydrogens is 206 g/mol. The fraction of sp³-hybridized carbons (Fsp3) is 0.727. The smallest absolute Gasteiger partial charge is 0.0794 e. The molecule has 0 saturated heterocycles. The van der Waals surface area contributed by atoms with Crippen LogP contribution in [0.4, 0.5) is 0 Å². The van der Waals surface area contributed by atoms with Gasteiger partial charge in [0.1, 0.15) is 0 Å². The zero-order chi connectivity index (χ0) is 11.5. The van der Waals surface area contributed by atoms with Crippen LogP contribution in [-0.4, -0.2) is 36.1 Å². The van der Waals surface area contributed by atoms with Gasteiger partial charge in [-0.15, -0.1) is 11.3 Å². The van der Waals surface area contributed by atoms with Crippen molar-refractivity contribution in [1.29, 1.82) is 0 Å². The number of nitrogens with one attached hydrogen (secondary N) is 1. The fourth-order valence-electron chi connectivity index (χ4n) is 1.10. The van der Waals surface area contributed by atoms with Crippen LogP contribution in [0.2, 0.25) is 0 Å². The highest BCUT2D eigenvalue weighted by Gasteiger charge is 2.21. The van der Waals surface area contributed by atoms with Gasteiger partial charge in [-0.05, 0) is 34.9 Å². The topological polar surface area (TPSA) is 28.2 Å². The SMILES string of the molecule is CC(NCC(C)(C)N(C)C)c1cncs1. The lowest BCUT2D eigenvalue weighted by molar-refractivity contribution is 0.185. The Hall–Kier alpha value is -0.450. The molecule has 4 heteroatoms. The van der Waals surface area contributed by atoms with Gasteiger partial charge in [-0.1, -0.05) is 0 Å². The number of hydrogen-bond acceptors (Lipinski definition) is 4. The van der Waals surface area contributed by atoms with Gasteiger partial charge in [0.25, 0.3) is 0 Å². The maximum atomic E-state index is 4.09. The molecule has 1 aromatic heterocycles. The van der Waals surface area contributed by atoms with E-state index in [1.807, 2.05) is 11.7 Å². The largest absolute Gasteiger partial charge is 0.308 e. The van der Waals surface area contributed by atoms with Gasteiger partial charge < -0.3 is 10.2 Å². The van der Waals surface area contributed by atoms with E-state index in [1.165, 1.54) is 4.88 Å². The summed E-state index contributed by atoms with van der Waals surface area (Å²) < 4.78 is 0. The molecule has 0 aliphatic carbocycles. The van der Waals surface area contributed by atoms with Crippen LogP contribution in [-0.2, 0) is 0 Å². The molecule has 15 heavy (non-hydrogen) atoms. The zero-order valence-electron chi connectivity index (χ0n) is 10.2. The van der Waals surface area contributed by atoms with E-state index in [0.29, 0.717) is 6.04 Å². The summed E-state index contributed by atoms with van der Waals surface area (Å²) in [5.41, 5.74) is 2.06. The van der Waals surface area contributed by atoms with Crippen molar-refractivity contribution in [3.63, 3.8) is 0 Å². The number of likely N-dealkylation sites (N-methyl/N-ethyl adjacent to an activating group) is 1. The first-order valence-corrected chi connectivity index (χ1v) is 6.10. The van der Waals surface area contributed by atoms with Crippen molar-refractivity contribution in [3.8, 4) is 0 Å². The molecule has 86 valence electrons. The van der Waals surface area contributed by atoms with Gasteiger partial charge in [0.2, 0.25) is 0 Å². The van der Waals surface area contributed by atoms with E-state index < -0.39 is 0 Å². The van der Waals surface area contributed by atoms with Gasteiger partial charge in [-0.25, -0.2) is 0 Å². The van der Waals surface area contributed by atoms with Crippen molar-refractivity contribution in [1.82, 2.24) is 15.2 Å². The van der Waals surface area contributed by atoms with Crippen molar-refractivity contribution in [3.05, 3.63) is 16.6 Å². The van der Waals surface area contributed by atoms with Crippen LogP contribution >= 0.6 is 11.3 Å². The first-order chi connectivity index (χ1) is 6.93. The number of thiazole rings is 1. The average Bonchev–Trinajstić information content (AvgIpc) is 2.66. The third-order valence-electron chi connectivity index (χ3n) is 2.93. The number of rotatable bonds is 5. The standard InChI is InChI=1S/C11H21N3S/c1-9(10-6-12-8-15-10)13-7-11(2,3)14(4)5/h6,8-9,13H,7H2,1-5H3. The highest BCUT2D eigenvalue weighted by molar-refractivity contribution is 7.09. The van der Waals surface area contributed by atoms with Crippen LogP contribution in [0.25, 0.3) is 0 Å². The molecule has 0 amide bonds. The van der Waals surface area contributed by atoms with Crippen molar-refractivity contribution in [2.24, 2.45) is 0 Å². The third-order valence-corrected chi connectivity index (χ3v) is 3.89. The minimum Gasteiger partial charge on any atom is -0.308 e. The average molecular weight is 227 g/mol. The van der Waals surface area contributed by atoms with Crippen LogP contribution in [0.15, 0.2) is 11.7 Å². The zero-order valence-corrected chi connectivity index (χ0v) is 11.1. The summed E-state index contributed by atoms with van der Waals surface area (Å²) in [4.78, 5) is 7.62. The molecule has 3 nitrogen and oxygen atoms in total. The quantitative estimate of drug-likeness (QED) is 0.835. The summed E-state index contributed by atoms with van der Waals surface area (Å²) in [6.07, 6.45) is 1.94. The Morgan fingerprint density at radius 2 is 2.20 bits per heavy atom. The van der Waals surface area contributed by atoms with E-state index in [4.69, 9.17) is 0 Å². The van der Waals surface area contributed by atoms with Gasteiger partial charge in [0.05, 0.1) is 5.51 Å². The first kappa shape index (κ1) is 12.6. The van der Waals surface area contributed by atoms with Crippen molar-refractivity contribution in [2.75, 3.05) is 20.6 Å². The molecule has 1 heterocycles. The lowest BCUT2D eigenvalue weighted by atomic mass is 10.0. The summed E-state index contributed by atoms with van der Waals surface area (Å²) >= 11 is 1.70. The normalized spacial score (nSPS) is 14.5. The maximum absolute atomic E-state index is 4.09. The maximum Gasteiger partial charge on any atom is 0.0794 e. The van der Waals surface area contributed by atoms with E-state index in [9.17, 15) is 0 Å². The lowest BCUT2D eigenvalue weighted by Crippen LogP contribution is -2.47. The molecule has 0 spiro atoms. The fourth-order valence-corrected chi connectivity index (χ4v) is 1.75. The van der Waals surface area contributed by atoms with Gasteiger partial charge in [-0.2, -0.15) is 0 Å². The number of hydrogen-bond donors (Lipinski definition) is 1. The Morgan fingerprint density at radius 1 is 1.53 bits per heavy atom. The molecule has 1 rings (SSSR count). The van der Waals surface area contributed by atoms with Crippen LogP contribution in [0.3, 0.4) is 0 Å². The van der Waals surface area contributed by atoms with Gasteiger partial charge in [0.15, 0.2) is 0 Å². The van der Waals surface area contributed by atoms with Crippen LogP contribution in [0.1, 0.15) is 31.7 Å². The lowest BCUT2D eigenvalue weighted by Gasteiger charge is -2.33. The van der Waals surface area contributed by atoms with Gasteiger partial charge in [-0.3, -0.25) is 4.98 Å². The molecule has 1 N–H and O–H groups in total. The Balaban J connectivity index is 2.44. The number of aromatic nitrogens is 1. The van der Waals surface area contributed by atoms with Gasteiger partial charge in [0, 0.05) is 29.2 Å². The minimum atomic E-state index is 0.180. The molecule has 0 fully saturated rings. The van der Waals surface area contributed by atoms with Crippen molar-refractivity contribution < 1.29 is 0 Å².